The standard InChI is InChI=1S/C36H45N5O6/c1-6-27(38-35(46)47-36(3,4)5)32(43)40-31-25(22-37-29(42)7-2)18-19-26-20-21-28(41(26)34(31)45)33(44)39-30(23-14-10-8-11-15-23)24-16-12-9-13-17-24/h2,8-17,25-28,30-31H,6,18-22H2,1,3-5H3,(H,37,42)(H,38,46)(H,39,44)(H,40,43)/t25-,26+,27+,28+,31+/m1/s1. The third-order valence-corrected chi connectivity index (χ3v) is 8.59. The van der Waals surface area contributed by atoms with E-state index in [2.05, 4.69) is 21.3 Å². The van der Waals surface area contributed by atoms with Crippen LogP contribution in [-0.4, -0.2) is 70.9 Å². The zero-order chi connectivity index (χ0) is 34.1. The number of alkyl carbamates (subject to hydrolysis) is 1. The van der Waals surface area contributed by atoms with Crippen LogP contribution in [0.1, 0.15) is 77.0 Å². The van der Waals surface area contributed by atoms with Gasteiger partial charge in [-0.1, -0.05) is 67.6 Å². The molecule has 11 nitrogen and oxygen atoms in total. The van der Waals surface area contributed by atoms with E-state index in [1.807, 2.05) is 66.6 Å². The summed E-state index contributed by atoms with van der Waals surface area (Å²) in [6, 6.07) is 15.8. The third kappa shape index (κ3) is 9.12. The Bertz CT molecular complexity index is 1430. The Labute approximate surface area is 276 Å². The van der Waals surface area contributed by atoms with Gasteiger partial charge in [0.05, 0.1) is 6.04 Å². The molecular formula is C36H45N5O6. The Hall–Kier alpha value is -4.85. The van der Waals surface area contributed by atoms with Gasteiger partial charge < -0.3 is 30.9 Å². The third-order valence-electron chi connectivity index (χ3n) is 8.59. The van der Waals surface area contributed by atoms with Crippen LogP contribution in [0.3, 0.4) is 0 Å². The highest BCUT2D eigenvalue weighted by Crippen LogP contribution is 2.35. The summed E-state index contributed by atoms with van der Waals surface area (Å²) in [5.74, 6) is -0.395. The first kappa shape index (κ1) is 35.0. The number of rotatable bonds is 10. The van der Waals surface area contributed by atoms with E-state index in [-0.39, 0.29) is 24.9 Å². The van der Waals surface area contributed by atoms with Crippen LogP contribution >= 0.6 is 0 Å². The molecule has 2 aliphatic rings. The number of amides is 5. The molecule has 0 unspecified atom stereocenters. The van der Waals surface area contributed by atoms with Crippen molar-refractivity contribution in [3.8, 4) is 12.3 Å². The van der Waals surface area contributed by atoms with Crippen molar-refractivity contribution >= 4 is 29.7 Å². The molecule has 2 aliphatic heterocycles. The molecule has 2 fully saturated rings. The van der Waals surface area contributed by atoms with Crippen LogP contribution in [0.5, 0.6) is 0 Å². The van der Waals surface area contributed by atoms with Crippen LogP contribution in [0.25, 0.3) is 0 Å². The molecule has 4 rings (SSSR count). The van der Waals surface area contributed by atoms with Crippen molar-refractivity contribution in [2.75, 3.05) is 6.54 Å². The first-order chi connectivity index (χ1) is 22.4. The lowest BCUT2D eigenvalue weighted by molar-refractivity contribution is -0.143. The van der Waals surface area contributed by atoms with Crippen molar-refractivity contribution in [3.63, 3.8) is 0 Å². The van der Waals surface area contributed by atoms with E-state index in [4.69, 9.17) is 11.2 Å². The van der Waals surface area contributed by atoms with Gasteiger partial charge in [0.25, 0.3) is 5.91 Å². The monoisotopic (exact) mass is 643 g/mol. The molecule has 2 saturated heterocycles. The molecule has 2 heterocycles. The van der Waals surface area contributed by atoms with Crippen molar-refractivity contribution in [3.05, 3.63) is 71.8 Å². The number of carbonyl (C=O) groups excluding carboxylic acids is 5. The minimum atomic E-state index is -1.08. The van der Waals surface area contributed by atoms with Gasteiger partial charge in [0.1, 0.15) is 23.7 Å². The fraction of sp³-hybridized carbons (Fsp3) is 0.472. The number of nitrogens with one attached hydrogen (secondary N) is 4. The minimum absolute atomic E-state index is 0.0531. The van der Waals surface area contributed by atoms with Crippen molar-refractivity contribution in [2.45, 2.75) is 95.6 Å². The van der Waals surface area contributed by atoms with Crippen molar-refractivity contribution in [2.24, 2.45) is 5.92 Å². The van der Waals surface area contributed by atoms with Crippen LogP contribution in [0.2, 0.25) is 0 Å². The van der Waals surface area contributed by atoms with Crippen LogP contribution in [0, 0.1) is 18.3 Å². The molecule has 5 atom stereocenters. The Kier molecular flexibility index (Phi) is 11.6. The molecule has 250 valence electrons. The Morgan fingerprint density at radius 1 is 0.936 bits per heavy atom. The second kappa shape index (κ2) is 15.6. The molecule has 0 aromatic heterocycles. The molecule has 0 radical (unpaired) electrons. The number of ether oxygens (including phenoxy) is 1. The van der Waals surface area contributed by atoms with Crippen LogP contribution in [0.4, 0.5) is 4.79 Å². The normalized spacial score (nSPS) is 21.4. The predicted octanol–water partition coefficient (Wildman–Crippen LogP) is 3.20. The number of benzene rings is 2. The average molecular weight is 644 g/mol. The Morgan fingerprint density at radius 3 is 2.09 bits per heavy atom. The van der Waals surface area contributed by atoms with Crippen LogP contribution in [0.15, 0.2) is 60.7 Å². The molecule has 2 aromatic carbocycles. The maximum atomic E-state index is 14.4. The van der Waals surface area contributed by atoms with Gasteiger partial charge in [0.15, 0.2) is 0 Å². The fourth-order valence-corrected chi connectivity index (χ4v) is 6.31. The smallest absolute Gasteiger partial charge is 0.408 e. The second-order valence-electron chi connectivity index (χ2n) is 13.0. The van der Waals surface area contributed by atoms with Gasteiger partial charge in [0, 0.05) is 18.5 Å². The van der Waals surface area contributed by atoms with Crippen molar-refractivity contribution in [1.29, 1.82) is 0 Å². The minimum Gasteiger partial charge on any atom is -0.444 e. The average Bonchev–Trinajstić information content (AvgIpc) is 3.43. The predicted molar refractivity (Wildman–Crippen MR) is 176 cm³/mol. The number of carbonyl (C=O) groups is 5. The van der Waals surface area contributed by atoms with Gasteiger partial charge >= 0.3 is 6.09 Å². The van der Waals surface area contributed by atoms with E-state index >= 15 is 0 Å². The SMILES string of the molecule is C#CC(=O)NC[C@H]1CC[C@H]2CC[C@@H](C(=O)NC(c3ccccc3)c3ccccc3)N2C(=O)[C@H]1NC(=O)[C@H](CC)NC(=O)OC(C)(C)C. The topological polar surface area (TPSA) is 146 Å². The van der Waals surface area contributed by atoms with E-state index in [0.29, 0.717) is 25.7 Å². The maximum Gasteiger partial charge on any atom is 0.408 e. The zero-order valence-electron chi connectivity index (χ0n) is 27.5. The summed E-state index contributed by atoms with van der Waals surface area (Å²) in [5.41, 5.74) is 1.04. The second-order valence-corrected chi connectivity index (χ2v) is 13.0. The van der Waals surface area contributed by atoms with Gasteiger partial charge in [0.2, 0.25) is 17.7 Å². The molecule has 2 aromatic rings. The summed E-state index contributed by atoms with van der Waals surface area (Å²) < 4.78 is 5.33. The molecule has 5 amide bonds. The highest BCUT2D eigenvalue weighted by atomic mass is 16.6. The van der Waals surface area contributed by atoms with E-state index in [1.54, 1.807) is 32.6 Å². The zero-order valence-corrected chi connectivity index (χ0v) is 27.5. The summed E-state index contributed by atoms with van der Waals surface area (Å²) in [6.45, 7) is 6.93. The number of hydrogen-bond donors (Lipinski definition) is 4. The van der Waals surface area contributed by atoms with Gasteiger partial charge in [-0.25, -0.2) is 4.79 Å². The molecule has 0 aliphatic carbocycles. The first-order valence-electron chi connectivity index (χ1n) is 16.2. The van der Waals surface area contributed by atoms with Gasteiger partial charge in [-0.15, -0.1) is 6.42 Å². The summed E-state index contributed by atoms with van der Waals surface area (Å²) in [7, 11) is 0. The van der Waals surface area contributed by atoms with E-state index in [1.165, 1.54) is 0 Å². The number of hydrogen-bond acceptors (Lipinski definition) is 6. The lowest BCUT2D eigenvalue weighted by Gasteiger charge is -2.33. The lowest BCUT2D eigenvalue weighted by atomic mass is 9.92. The Balaban J connectivity index is 1.58. The van der Waals surface area contributed by atoms with E-state index in [0.717, 1.165) is 11.1 Å². The molecule has 11 heteroatoms. The molecule has 0 saturated carbocycles. The largest absolute Gasteiger partial charge is 0.444 e. The van der Waals surface area contributed by atoms with E-state index in [9.17, 15) is 24.0 Å². The molecule has 0 bridgehead atoms. The molecule has 0 spiro atoms. The molecular weight excluding hydrogens is 598 g/mol. The van der Waals surface area contributed by atoms with Crippen LogP contribution in [-0.2, 0) is 23.9 Å². The molecule has 47 heavy (non-hydrogen) atoms. The summed E-state index contributed by atoms with van der Waals surface area (Å²) >= 11 is 0. The van der Waals surface area contributed by atoms with Crippen LogP contribution < -0.4 is 21.3 Å². The fourth-order valence-electron chi connectivity index (χ4n) is 6.31. The number of fused-ring (bicyclic) bond motifs is 1. The maximum absolute atomic E-state index is 14.4. The summed E-state index contributed by atoms with van der Waals surface area (Å²) in [4.78, 5) is 68.1. The summed E-state index contributed by atoms with van der Waals surface area (Å²) in [5, 5.41) is 11.3. The lowest BCUT2D eigenvalue weighted by Crippen LogP contribution is -2.59. The highest BCUT2D eigenvalue weighted by molar-refractivity contribution is 5.95. The quantitative estimate of drug-likeness (QED) is 0.293. The number of nitrogens with zero attached hydrogens (tertiary/aromatic N) is 1. The van der Waals surface area contributed by atoms with Gasteiger partial charge in [-0.05, 0) is 69.9 Å². The van der Waals surface area contributed by atoms with Gasteiger partial charge in [-0.3, -0.25) is 19.2 Å². The first-order valence-corrected chi connectivity index (χ1v) is 16.2. The van der Waals surface area contributed by atoms with E-state index < -0.39 is 59.5 Å². The Morgan fingerprint density at radius 2 is 1.53 bits per heavy atom. The van der Waals surface area contributed by atoms with Crippen molar-refractivity contribution < 1.29 is 28.7 Å². The van der Waals surface area contributed by atoms with Crippen molar-refractivity contribution in [1.82, 2.24) is 26.2 Å². The highest BCUT2D eigenvalue weighted by Gasteiger charge is 2.48. The van der Waals surface area contributed by atoms with Gasteiger partial charge in [-0.2, -0.15) is 0 Å². The summed E-state index contributed by atoms with van der Waals surface area (Å²) in [6.07, 6.45) is 6.89. The number of terminal acetylenes is 1. The molecule has 4 N–H and O–H groups in total.